The van der Waals surface area contributed by atoms with Crippen molar-refractivity contribution in [3.05, 3.63) is 63.8 Å². The second-order valence-corrected chi connectivity index (χ2v) is 8.33. The number of nitrogens with zero attached hydrogens (tertiary/aromatic N) is 2. The Hall–Kier alpha value is -2.41. The molecule has 0 N–H and O–H groups in total. The van der Waals surface area contributed by atoms with E-state index in [-0.39, 0.29) is 0 Å². The fraction of sp³-hybridized carbons (Fsp3) is 0.333. The van der Waals surface area contributed by atoms with Gasteiger partial charge in [-0.3, -0.25) is 9.47 Å². The summed E-state index contributed by atoms with van der Waals surface area (Å²) in [6, 6.07) is 16.8. The molecule has 2 aliphatic heterocycles. The van der Waals surface area contributed by atoms with Gasteiger partial charge in [0, 0.05) is 46.2 Å². The van der Waals surface area contributed by atoms with E-state index < -0.39 is 0 Å². The summed E-state index contributed by atoms with van der Waals surface area (Å²) < 4.78 is 7.57. The molecule has 0 spiro atoms. The summed E-state index contributed by atoms with van der Waals surface area (Å²) in [4.78, 5) is 2.53. The van der Waals surface area contributed by atoms with Crippen LogP contribution in [-0.4, -0.2) is 29.7 Å². The Morgan fingerprint density at radius 1 is 1.14 bits per heavy atom. The van der Waals surface area contributed by atoms with E-state index >= 15 is 0 Å². The molecule has 28 heavy (non-hydrogen) atoms. The van der Waals surface area contributed by atoms with Crippen LogP contribution in [0.2, 0.25) is 5.02 Å². The normalized spacial score (nSPS) is 20.7. The van der Waals surface area contributed by atoms with Gasteiger partial charge in [0.25, 0.3) is 0 Å². The van der Waals surface area contributed by atoms with Crippen molar-refractivity contribution in [3.8, 4) is 17.7 Å². The van der Waals surface area contributed by atoms with Crippen molar-refractivity contribution in [1.29, 1.82) is 0 Å². The maximum atomic E-state index is 6.36. The summed E-state index contributed by atoms with van der Waals surface area (Å²) in [5, 5.41) is 2.04. The lowest BCUT2D eigenvalue weighted by atomic mass is 9.97. The Labute approximate surface area is 170 Å². The molecule has 2 aromatic carbocycles. The Kier molecular flexibility index (Phi) is 4.16. The molecule has 5 rings (SSSR count). The van der Waals surface area contributed by atoms with Crippen molar-refractivity contribution in [3.63, 3.8) is 0 Å². The first kappa shape index (κ1) is 17.7. The Morgan fingerprint density at radius 2 is 2.00 bits per heavy atom. The summed E-state index contributed by atoms with van der Waals surface area (Å²) in [5.41, 5.74) is 6.04. The lowest BCUT2D eigenvalue weighted by Gasteiger charge is -2.31. The van der Waals surface area contributed by atoms with Crippen molar-refractivity contribution in [2.24, 2.45) is 0 Å². The Bertz CT molecular complexity index is 1150. The number of likely N-dealkylation sites (N-methyl/N-ethyl adjacent to an activating group) is 1. The molecule has 142 valence electrons. The molecular formula is C24H23ClN2O. The van der Waals surface area contributed by atoms with Gasteiger partial charge in [-0.25, -0.2) is 0 Å². The van der Waals surface area contributed by atoms with Crippen LogP contribution in [0, 0.1) is 18.9 Å². The summed E-state index contributed by atoms with van der Waals surface area (Å²) in [6.07, 6.45) is 3.51. The van der Waals surface area contributed by atoms with Gasteiger partial charge >= 0.3 is 0 Å². The minimum Gasteiger partial charge on any atom is -0.496 e. The van der Waals surface area contributed by atoms with E-state index in [1.807, 2.05) is 25.1 Å². The van der Waals surface area contributed by atoms with Gasteiger partial charge < -0.3 is 4.74 Å². The first-order valence-electron chi connectivity index (χ1n) is 9.78. The average molecular weight is 391 g/mol. The van der Waals surface area contributed by atoms with Crippen molar-refractivity contribution in [2.45, 2.75) is 38.3 Å². The monoisotopic (exact) mass is 390 g/mol. The highest BCUT2D eigenvalue weighted by Crippen LogP contribution is 2.46. The zero-order valence-electron chi connectivity index (χ0n) is 16.4. The van der Waals surface area contributed by atoms with Crippen molar-refractivity contribution >= 4 is 22.5 Å². The molecule has 2 atom stereocenters. The number of hydrogen-bond donors (Lipinski definition) is 0. The van der Waals surface area contributed by atoms with Gasteiger partial charge in [-0.1, -0.05) is 11.6 Å². The average Bonchev–Trinajstić information content (AvgIpc) is 3.09. The number of halogens is 1. The number of hydrogen-bond acceptors (Lipinski definition) is 2. The summed E-state index contributed by atoms with van der Waals surface area (Å²) in [6.45, 7) is 2.05. The molecule has 1 fully saturated rings. The van der Waals surface area contributed by atoms with E-state index in [4.69, 9.17) is 16.3 Å². The molecule has 3 heterocycles. The highest BCUT2D eigenvalue weighted by molar-refractivity contribution is 6.31. The van der Waals surface area contributed by atoms with Crippen LogP contribution in [0.5, 0.6) is 5.75 Å². The number of ether oxygens (including phenoxy) is 1. The van der Waals surface area contributed by atoms with Crippen LogP contribution in [0.3, 0.4) is 0 Å². The SMILES string of the molecule is COc1ccc(C#Cn2c3c(c4cc(Cl)ccc42)C2CCC(C3)N2C)cc1C. The van der Waals surface area contributed by atoms with Crippen LogP contribution in [0.1, 0.15) is 41.3 Å². The molecular weight excluding hydrogens is 368 g/mol. The molecule has 1 aromatic heterocycles. The third-order valence-corrected chi connectivity index (χ3v) is 6.62. The predicted molar refractivity (Wildman–Crippen MR) is 114 cm³/mol. The van der Waals surface area contributed by atoms with E-state index in [1.165, 1.54) is 29.5 Å². The first-order valence-corrected chi connectivity index (χ1v) is 10.2. The first-order chi connectivity index (χ1) is 13.6. The summed E-state index contributed by atoms with van der Waals surface area (Å²) >= 11 is 6.36. The smallest absolute Gasteiger partial charge is 0.121 e. The molecule has 3 aromatic rings. The van der Waals surface area contributed by atoms with E-state index in [2.05, 4.69) is 46.7 Å². The van der Waals surface area contributed by atoms with Gasteiger partial charge in [-0.2, -0.15) is 0 Å². The van der Waals surface area contributed by atoms with Crippen LogP contribution < -0.4 is 4.74 Å². The fourth-order valence-electron chi connectivity index (χ4n) is 4.95. The number of aromatic nitrogens is 1. The zero-order valence-corrected chi connectivity index (χ0v) is 17.2. The fourth-order valence-corrected chi connectivity index (χ4v) is 5.12. The number of fused-ring (bicyclic) bond motifs is 6. The van der Waals surface area contributed by atoms with E-state index in [1.54, 1.807) is 7.11 Å². The molecule has 3 nitrogen and oxygen atoms in total. The van der Waals surface area contributed by atoms with Crippen molar-refractivity contribution in [1.82, 2.24) is 9.47 Å². The van der Waals surface area contributed by atoms with Crippen LogP contribution in [-0.2, 0) is 6.42 Å². The molecule has 4 heteroatoms. The second kappa shape index (κ2) is 6.58. The molecule has 2 aliphatic rings. The van der Waals surface area contributed by atoms with Gasteiger partial charge in [0.1, 0.15) is 5.75 Å². The molecule has 1 saturated heterocycles. The van der Waals surface area contributed by atoms with Gasteiger partial charge in [0.2, 0.25) is 0 Å². The summed E-state index contributed by atoms with van der Waals surface area (Å²) in [7, 11) is 3.95. The maximum Gasteiger partial charge on any atom is 0.121 e. The number of methoxy groups -OCH3 is 1. The topological polar surface area (TPSA) is 17.4 Å². The third-order valence-electron chi connectivity index (χ3n) is 6.38. The molecule has 0 aliphatic carbocycles. The highest BCUT2D eigenvalue weighted by Gasteiger charge is 2.40. The molecule has 0 radical (unpaired) electrons. The van der Waals surface area contributed by atoms with Gasteiger partial charge in [-0.15, -0.1) is 0 Å². The van der Waals surface area contributed by atoms with Crippen molar-refractivity contribution in [2.75, 3.05) is 14.2 Å². The van der Waals surface area contributed by atoms with E-state index in [0.29, 0.717) is 12.1 Å². The lowest BCUT2D eigenvalue weighted by molar-refractivity contribution is 0.223. The number of benzene rings is 2. The van der Waals surface area contributed by atoms with Gasteiger partial charge in [0.15, 0.2) is 0 Å². The number of rotatable bonds is 1. The predicted octanol–water partition coefficient (Wildman–Crippen LogP) is 5.16. The minimum atomic E-state index is 0.473. The minimum absolute atomic E-state index is 0.473. The highest BCUT2D eigenvalue weighted by atomic mass is 35.5. The van der Waals surface area contributed by atoms with E-state index in [0.717, 1.165) is 33.8 Å². The molecule has 0 saturated carbocycles. The van der Waals surface area contributed by atoms with E-state index in [9.17, 15) is 0 Å². The van der Waals surface area contributed by atoms with Gasteiger partial charge in [-0.05, 0) is 80.3 Å². The quantitative estimate of drug-likeness (QED) is 0.534. The standard InChI is InChI=1S/C24H23ClN2O/c1-15-12-16(4-9-23(15)28-3)10-11-27-20-7-5-17(25)13-19(20)24-21-8-6-18(26(21)2)14-22(24)27/h4-5,7,9,12-13,18,21H,6,8,14H2,1-3H3. The Morgan fingerprint density at radius 3 is 2.79 bits per heavy atom. The van der Waals surface area contributed by atoms with Crippen LogP contribution in [0.15, 0.2) is 36.4 Å². The van der Waals surface area contributed by atoms with Crippen LogP contribution in [0.4, 0.5) is 0 Å². The second-order valence-electron chi connectivity index (χ2n) is 7.90. The summed E-state index contributed by atoms with van der Waals surface area (Å²) in [5.74, 6) is 4.26. The maximum absolute atomic E-state index is 6.36. The zero-order chi connectivity index (χ0) is 19.4. The molecule has 0 amide bonds. The van der Waals surface area contributed by atoms with Crippen LogP contribution in [0.25, 0.3) is 10.9 Å². The molecule has 2 unspecified atom stereocenters. The van der Waals surface area contributed by atoms with Crippen molar-refractivity contribution < 1.29 is 4.74 Å². The molecule has 2 bridgehead atoms. The Balaban J connectivity index is 1.68. The van der Waals surface area contributed by atoms with Gasteiger partial charge in [0.05, 0.1) is 12.6 Å². The largest absolute Gasteiger partial charge is 0.496 e. The van der Waals surface area contributed by atoms with Crippen LogP contribution >= 0.6 is 11.6 Å². The lowest BCUT2D eigenvalue weighted by Crippen LogP contribution is -2.34. The third kappa shape index (κ3) is 2.64. The number of aryl methyl sites for hydroxylation is 1.